The number of nitrogens with zero attached hydrogens (tertiary/aromatic N) is 1. The molecule has 0 spiro atoms. The lowest BCUT2D eigenvalue weighted by atomic mass is 10.2. The monoisotopic (exact) mass is 237 g/mol. The first-order valence-electron chi connectivity index (χ1n) is 5.45. The number of hydrogen-bond acceptors (Lipinski definition) is 5. The zero-order valence-corrected chi connectivity index (χ0v) is 9.27. The highest BCUT2D eigenvalue weighted by Crippen LogP contribution is 2.20. The summed E-state index contributed by atoms with van der Waals surface area (Å²) in [6.07, 6.45) is -1.55. The maximum atomic E-state index is 10.8. The molecule has 1 aliphatic heterocycles. The van der Waals surface area contributed by atoms with E-state index in [1.165, 1.54) is 0 Å². The molecule has 2 rings (SSSR count). The molecule has 1 fully saturated rings. The second-order valence-electron chi connectivity index (χ2n) is 4.00. The van der Waals surface area contributed by atoms with Crippen LogP contribution in [0.15, 0.2) is 30.3 Å². The molecule has 5 heteroatoms. The largest absolute Gasteiger partial charge is 0.367 e. The summed E-state index contributed by atoms with van der Waals surface area (Å²) in [4.78, 5) is 12.5. The van der Waals surface area contributed by atoms with E-state index in [0.29, 0.717) is 12.8 Å². The zero-order chi connectivity index (χ0) is 12.3. The highest BCUT2D eigenvalue weighted by Gasteiger charge is 2.37. The van der Waals surface area contributed by atoms with E-state index < -0.39 is 18.6 Å². The molecular weight excluding hydrogens is 222 g/mol. The number of hydrogen-bond donors (Lipinski definition) is 2. The molecule has 2 atom stereocenters. The summed E-state index contributed by atoms with van der Waals surface area (Å²) in [5.41, 5.74) is 0.996. The summed E-state index contributed by atoms with van der Waals surface area (Å²) >= 11 is 0. The first-order chi connectivity index (χ1) is 8.22. The van der Waals surface area contributed by atoms with E-state index >= 15 is 0 Å². The molecule has 2 unspecified atom stereocenters. The summed E-state index contributed by atoms with van der Waals surface area (Å²) in [6.45, 7) is 0.598. The van der Waals surface area contributed by atoms with Crippen LogP contribution < -0.4 is 0 Å². The van der Waals surface area contributed by atoms with Gasteiger partial charge in [0.05, 0.1) is 12.6 Å². The van der Waals surface area contributed by atoms with Crippen molar-refractivity contribution in [2.75, 3.05) is 6.61 Å². The Labute approximate surface area is 99.2 Å². The molecule has 1 aliphatic rings. The third-order valence-electron chi connectivity index (χ3n) is 2.86. The molecule has 0 saturated carbocycles. The maximum Gasteiger partial charge on any atom is 0.169 e. The summed E-state index contributed by atoms with van der Waals surface area (Å²) in [6, 6.07) is 8.96. The van der Waals surface area contributed by atoms with Crippen molar-refractivity contribution in [3.8, 4) is 0 Å². The highest BCUT2D eigenvalue weighted by molar-refractivity contribution is 5.56. The Kier molecular flexibility index (Phi) is 3.86. The van der Waals surface area contributed by atoms with Gasteiger partial charge < -0.3 is 14.9 Å². The molecule has 0 bridgehead atoms. The van der Waals surface area contributed by atoms with Gasteiger partial charge in [-0.15, -0.1) is 0 Å². The Hall–Kier alpha value is -1.27. The van der Waals surface area contributed by atoms with Crippen LogP contribution in [0.1, 0.15) is 5.56 Å². The Morgan fingerprint density at radius 3 is 2.71 bits per heavy atom. The van der Waals surface area contributed by atoms with Crippen molar-refractivity contribution >= 4 is 6.29 Å². The molecule has 1 aromatic rings. The molecule has 0 aliphatic carbocycles. The Morgan fingerprint density at radius 2 is 2.12 bits per heavy atom. The highest BCUT2D eigenvalue weighted by atomic mass is 16.5. The fourth-order valence-electron chi connectivity index (χ4n) is 1.95. The topological polar surface area (TPSA) is 70.0 Å². The van der Waals surface area contributed by atoms with Crippen LogP contribution in [-0.4, -0.2) is 46.6 Å². The number of aliphatic hydroxyl groups is 2. The number of carbonyl (C=O) groups excluding carboxylic acids is 1. The molecule has 0 radical (unpaired) electrons. The standard InChI is InChI=1S/C12H15NO4/c14-7-11-13(10(8-17-11)12(15)16)6-9-4-2-1-3-5-9/h1-5,7,10-12,15-16H,6,8H2. The van der Waals surface area contributed by atoms with Crippen molar-refractivity contribution in [2.45, 2.75) is 25.1 Å². The van der Waals surface area contributed by atoms with E-state index in [1.807, 2.05) is 30.3 Å². The molecule has 92 valence electrons. The molecule has 1 heterocycles. The van der Waals surface area contributed by atoms with Gasteiger partial charge in [-0.3, -0.25) is 9.69 Å². The summed E-state index contributed by atoms with van der Waals surface area (Å²) in [5.74, 6) is 0. The van der Waals surface area contributed by atoms with Crippen molar-refractivity contribution in [3.05, 3.63) is 35.9 Å². The van der Waals surface area contributed by atoms with Gasteiger partial charge in [-0.25, -0.2) is 0 Å². The Balaban J connectivity index is 2.12. The van der Waals surface area contributed by atoms with Crippen LogP contribution in [0.2, 0.25) is 0 Å². The zero-order valence-electron chi connectivity index (χ0n) is 9.27. The van der Waals surface area contributed by atoms with Crippen molar-refractivity contribution < 1.29 is 19.7 Å². The second kappa shape index (κ2) is 5.37. The minimum atomic E-state index is -1.51. The van der Waals surface area contributed by atoms with Crippen LogP contribution >= 0.6 is 0 Å². The van der Waals surface area contributed by atoms with E-state index in [2.05, 4.69) is 0 Å². The first-order valence-corrected chi connectivity index (χ1v) is 5.45. The van der Waals surface area contributed by atoms with Gasteiger partial charge in [-0.2, -0.15) is 0 Å². The quantitative estimate of drug-likeness (QED) is 0.557. The molecular formula is C12H15NO4. The van der Waals surface area contributed by atoms with Gasteiger partial charge in [-0.05, 0) is 5.56 Å². The number of aldehydes is 1. The minimum Gasteiger partial charge on any atom is -0.367 e. The Bertz CT molecular complexity index is 368. The molecule has 0 amide bonds. The summed E-state index contributed by atoms with van der Waals surface area (Å²) < 4.78 is 5.20. The van der Waals surface area contributed by atoms with Crippen LogP contribution in [-0.2, 0) is 16.1 Å². The van der Waals surface area contributed by atoms with Crippen molar-refractivity contribution in [1.82, 2.24) is 4.90 Å². The predicted molar refractivity (Wildman–Crippen MR) is 59.8 cm³/mol. The lowest BCUT2D eigenvalue weighted by Crippen LogP contribution is -2.44. The third-order valence-corrected chi connectivity index (χ3v) is 2.86. The van der Waals surface area contributed by atoms with Gasteiger partial charge in [-0.1, -0.05) is 30.3 Å². The summed E-state index contributed by atoms with van der Waals surface area (Å²) in [7, 11) is 0. The van der Waals surface area contributed by atoms with Crippen molar-refractivity contribution in [3.63, 3.8) is 0 Å². The van der Waals surface area contributed by atoms with E-state index in [-0.39, 0.29) is 6.61 Å². The average molecular weight is 237 g/mol. The van der Waals surface area contributed by atoms with Gasteiger partial charge >= 0.3 is 0 Å². The van der Waals surface area contributed by atoms with Gasteiger partial charge in [0, 0.05) is 6.54 Å². The smallest absolute Gasteiger partial charge is 0.169 e. The molecule has 1 aromatic carbocycles. The van der Waals surface area contributed by atoms with E-state index in [4.69, 9.17) is 4.74 Å². The lowest BCUT2D eigenvalue weighted by molar-refractivity contribution is -0.125. The number of rotatable bonds is 4. The molecule has 2 N–H and O–H groups in total. The summed E-state index contributed by atoms with van der Waals surface area (Å²) in [5, 5.41) is 18.5. The van der Waals surface area contributed by atoms with E-state index in [1.54, 1.807) is 4.90 Å². The van der Waals surface area contributed by atoms with E-state index in [0.717, 1.165) is 5.56 Å². The van der Waals surface area contributed by atoms with Gasteiger partial charge in [0.25, 0.3) is 0 Å². The van der Waals surface area contributed by atoms with Gasteiger partial charge in [0.1, 0.15) is 0 Å². The maximum absolute atomic E-state index is 10.8. The third kappa shape index (κ3) is 2.70. The van der Waals surface area contributed by atoms with Gasteiger partial charge in [0.2, 0.25) is 0 Å². The number of benzene rings is 1. The first kappa shape index (κ1) is 12.2. The second-order valence-corrected chi connectivity index (χ2v) is 4.00. The molecule has 1 saturated heterocycles. The Morgan fingerprint density at radius 1 is 1.41 bits per heavy atom. The van der Waals surface area contributed by atoms with Crippen LogP contribution in [0.3, 0.4) is 0 Å². The normalized spacial score (nSPS) is 25.4. The minimum absolute atomic E-state index is 0.147. The van der Waals surface area contributed by atoms with Crippen LogP contribution in [0, 0.1) is 0 Å². The number of ether oxygens (including phenoxy) is 1. The predicted octanol–water partition coefficient (Wildman–Crippen LogP) is -0.277. The van der Waals surface area contributed by atoms with E-state index in [9.17, 15) is 15.0 Å². The van der Waals surface area contributed by atoms with Crippen molar-refractivity contribution in [1.29, 1.82) is 0 Å². The lowest BCUT2D eigenvalue weighted by Gasteiger charge is -2.26. The number of aliphatic hydroxyl groups excluding tert-OH is 1. The molecule has 0 aromatic heterocycles. The van der Waals surface area contributed by atoms with Crippen LogP contribution in [0.4, 0.5) is 0 Å². The number of carbonyl (C=O) groups is 1. The van der Waals surface area contributed by atoms with Crippen LogP contribution in [0.25, 0.3) is 0 Å². The SMILES string of the molecule is O=CC1OCC(C(O)O)N1Cc1ccccc1. The fourth-order valence-corrected chi connectivity index (χ4v) is 1.95. The molecule has 5 nitrogen and oxygen atoms in total. The van der Waals surface area contributed by atoms with Gasteiger partial charge in [0.15, 0.2) is 18.8 Å². The molecule has 17 heavy (non-hydrogen) atoms. The average Bonchev–Trinajstić information content (AvgIpc) is 2.73. The van der Waals surface area contributed by atoms with Crippen LogP contribution in [0.5, 0.6) is 0 Å². The fraction of sp³-hybridized carbons (Fsp3) is 0.417. The van der Waals surface area contributed by atoms with Crippen molar-refractivity contribution in [2.24, 2.45) is 0 Å².